The van der Waals surface area contributed by atoms with E-state index in [9.17, 15) is 0 Å². The molecule has 0 unspecified atom stereocenters. The predicted molar refractivity (Wildman–Crippen MR) is 92.4 cm³/mol. The number of piperidine rings is 1. The van der Waals surface area contributed by atoms with E-state index in [0.717, 1.165) is 25.0 Å². The summed E-state index contributed by atoms with van der Waals surface area (Å²) in [7, 11) is 0. The number of nitrogens with zero attached hydrogens (tertiary/aromatic N) is 3. The molecular formula is C16H18Cl2N4. The van der Waals surface area contributed by atoms with Crippen molar-refractivity contribution in [1.29, 1.82) is 0 Å². The highest BCUT2D eigenvalue weighted by Gasteiger charge is 2.18. The molecule has 2 aromatic rings. The summed E-state index contributed by atoms with van der Waals surface area (Å²) in [5.74, 6) is 2.22. The van der Waals surface area contributed by atoms with E-state index in [0.29, 0.717) is 21.6 Å². The third-order valence-electron chi connectivity index (χ3n) is 3.93. The Hall–Kier alpha value is -1.52. The highest BCUT2D eigenvalue weighted by Crippen LogP contribution is 2.32. The van der Waals surface area contributed by atoms with E-state index < -0.39 is 0 Å². The summed E-state index contributed by atoms with van der Waals surface area (Å²) in [5, 5.41) is 4.32. The van der Waals surface area contributed by atoms with E-state index in [1.54, 1.807) is 18.3 Å². The first-order valence-electron chi connectivity index (χ1n) is 7.42. The monoisotopic (exact) mass is 336 g/mol. The quantitative estimate of drug-likeness (QED) is 0.876. The summed E-state index contributed by atoms with van der Waals surface area (Å²) in [4.78, 5) is 11.2. The Morgan fingerprint density at radius 1 is 1.14 bits per heavy atom. The van der Waals surface area contributed by atoms with Gasteiger partial charge in [-0.15, -0.1) is 0 Å². The van der Waals surface area contributed by atoms with Crippen LogP contribution in [-0.4, -0.2) is 23.1 Å². The standard InChI is InChI=1S/C16H18Cl2N4/c1-11-6-9-22(10-7-11)16-19-8-5-14(21-16)20-15-12(17)3-2-4-13(15)18/h2-5,8,11H,6-7,9-10H2,1H3,(H,19,20,21). The van der Waals surface area contributed by atoms with Crippen molar-refractivity contribution in [1.82, 2.24) is 9.97 Å². The van der Waals surface area contributed by atoms with Gasteiger partial charge in [-0.05, 0) is 37.0 Å². The topological polar surface area (TPSA) is 41.1 Å². The molecule has 22 heavy (non-hydrogen) atoms. The van der Waals surface area contributed by atoms with Gasteiger partial charge in [-0.3, -0.25) is 0 Å². The number of hydrogen-bond acceptors (Lipinski definition) is 4. The number of para-hydroxylation sites is 1. The lowest BCUT2D eigenvalue weighted by Crippen LogP contribution is -2.34. The fourth-order valence-corrected chi connectivity index (χ4v) is 3.02. The lowest BCUT2D eigenvalue weighted by Gasteiger charge is -2.30. The van der Waals surface area contributed by atoms with Gasteiger partial charge in [0.1, 0.15) is 5.82 Å². The third-order valence-corrected chi connectivity index (χ3v) is 4.56. The summed E-state index contributed by atoms with van der Waals surface area (Å²) >= 11 is 12.4. The predicted octanol–water partition coefficient (Wildman–Crippen LogP) is 4.76. The number of rotatable bonds is 3. The van der Waals surface area contributed by atoms with Crippen LogP contribution < -0.4 is 10.2 Å². The first-order valence-corrected chi connectivity index (χ1v) is 8.18. The molecule has 1 aromatic heterocycles. The molecule has 1 fully saturated rings. The average Bonchev–Trinajstić information content (AvgIpc) is 2.52. The lowest BCUT2D eigenvalue weighted by atomic mass is 10.00. The molecule has 2 heterocycles. The van der Waals surface area contributed by atoms with E-state index >= 15 is 0 Å². The van der Waals surface area contributed by atoms with Crippen molar-refractivity contribution in [2.45, 2.75) is 19.8 Å². The smallest absolute Gasteiger partial charge is 0.227 e. The maximum atomic E-state index is 6.18. The Kier molecular flexibility index (Phi) is 4.69. The fraction of sp³-hybridized carbons (Fsp3) is 0.375. The maximum Gasteiger partial charge on any atom is 0.227 e. The number of benzene rings is 1. The van der Waals surface area contributed by atoms with E-state index in [2.05, 4.69) is 27.1 Å². The first kappa shape index (κ1) is 15.4. The molecule has 0 amide bonds. The van der Waals surface area contributed by atoms with Crippen molar-refractivity contribution in [2.75, 3.05) is 23.3 Å². The second-order valence-electron chi connectivity index (χ2n) is 5.63. The molecule has 3 rings (SSSR count). The van der Waals surface area contributed by atoms with Gasteiger partial charge in [-0.1, -0.05) is 36.2 Å². The van der Waals surface area contributed by atoms with Gasteiger partial charge in [0.15, 0.2) is 0 Å². The van der Waals surface area contributed by atoms with Crippen LogP contribution >= 0.6 is 23.2 Å². The zero-order chi connectivity index (χ0) is 15.5. The van der Waals surface area contributed by atoms with Crippen LogP contribution in [0.25, 0.3) is 0 Å². The summed E-state index contributed by atoms with van der Waals surface area (Å²) in [6.45, 7) is 4.28. The summed E-state index contributed by atoms with van der Waals surface area (Å²) in [6, 6.07) is 7.22. The van der Waals surface area contributed by atoms with E-state index in [-0.39, 0.29) is 0 Å². The zero-order valence-corrected chi connectivity index (χ0v) is 13.9. The summed E-state index contributed by atoms with van der Waals surface area (Å²) in [6.07, 6.45) is 4.11. The Bertz CT molecular complexity index is 634. The molecule has 1 N–H and O–H groups in total. The summed E-state index contributed by atoms with van der Waals surface area (Å²) < 4.78 is 0. The van der Waals surface area contributed by atoms with E-state index in [4.69, 9.17) is 23.2 Å². The molecule has 6 heteroatoms. The highest BCUT2D eigenvalue weighted by atomic mass is 35.5. The molecule has 0 saturated carbocycles. The molecule has 0 spiro atoms. The number of anilines is 3. The molecule has 0 bridgehead atoms. The summed E-state index contributed by atoms with van der Waals surface area (Å²) in [5.41, 5.74) is 0.669. The van der Waals surface area contributed by atoms with Gasteiger partial charge in [-0.2, -0.15) is 4.98 Å². The third kappa shape index (κ3) is 3.45. The molecule has 0 atom stereocenters. The molecule has 0 aliphatic carbocycles. The Labute approximate surface area is 140 Å². The average molecular weight is 337 g/mol. The SMILES string of the molecule is CC1CCN(c2nccc(Nc3c(Cl)cccc3Cl)n2)CC1. The van der Waals surface area contributed by atoms with Gasteiger partial charge in [0.05, 0.1) is 15.7 Å². The van der Waals surface area contributed by atoms with Crippen LogP contribution in [0.5, 0.6) is 0 Å². The second kappa shape index (κ2) is 6.71. The van der Waals surface area contributed by atoms with Crippen molar-refractivity contribution in [2.24, 2.45) is 5.92 Å². The number of hydrogen-bond donors (Lipinski definition) is 1. The van der Waals surface area contributed by atoms with Crippen LogP contribution in [0.2, 0.25) is 10.0 Å². The largest absolute Gasteiger partial charge is 0.341 e. The van der Waals surface area contributed by atoms with Crippen LogP contribution in [0.15, 0.2) is 30.5 Å². The Balaban J connectivity index is 1.79. The first-order chi connectivity index (χ1) is 10.6. The van der Waals surface area contributed by atoms with E-state index in [1.807, 2.05) is 12.1 Å². The van der Waals surface area contributed by atoms with Crippen LogP contribution in [0.4, 0.5) is 17.5 Å². The van der Waals surface area contributed by atoms with Crippen molar-refractivity contribution < 1.29 is 0 Å². The molecule has 0 radical (unpaired) electrons. The molecule has 4 nitrogen and oxygen atoms in total. The van der Waals surface area contributed by atoms with Gasteiger partial charge in [-0.25, -0.2) is 4.98 Å². The maximum absolute atomic E-state index is 6.18. The molecule has 1 aliphatic rings. The van der Waals surface area contributed by atoms with Gasteiger partial charge < -0.3 is 10.2 Å². The minimum absolute atomic E-state index is 0.569. The van der Waals surface area contributed by atoms with Gasteiger partial charge in [0.2, 0.25) is 5.95 Å². The second-order valence-corrected chi connectivity index (χ2v) is 6.45. The minimum atomic E-state index is 0.569. The molecule has 1 saturated heterocycles. The molecule has 116 valence electrons. The van der Waals surface area contributed by atoms with Gasteiger partial charge >= 0.3 is 0 Å². The normalized spacial score (nSPS) is 15.9. The van der Waals surface area contributed by atoms with Crippen LogP contribution in [0, 0.1) is 5.92 Å². The number of aromatic nitrogens is 2. The van der Waals surface area contributed by atoms with Crippen LogP contribution in [0.3, 0.4) is 0 Å². The Morgan fingerprint density at radius 2 is 1.82 bits per heavy atom. The van der Waals surface area contributed by atoms with Crippen molar-refractivity contribution >= 4 is 40.7 Å². The highest BCUT2D eigenvalue weighted by molar-refractivity contribution is 6.39. The van der Waals surface area contributed by atoms with Crippen molar-refractivity contribution in [3.63, 3.8) is 0 Å². The number of nitrogens with one attached hydrogen (secondary N) is 1. The minimum Gasteiger partial charge on any atom is -0.341 e. The Morgan fingerprint density at radius 3 is 2.50 bits per heavy atom. The van der Waals surface area contributed by atoms with Crippen molar-refractivity contribution in [3.8, 4) is 0 Å². The zero-order valence-electron chi connectivity index (χ0n) is 12.4. The van der Waals surface area contributed by atoms with E-state index in [1.165, 1.54) is 12.8 Å². The molecule has 1 aromatic carbocycles. The van der Waals surface area contributed by atoms with Crippen LogP contribution in [-0.2, 0) is 0 Å². The van der Waals surface area contributed by atoms with Crippen LogP contribution in [0.1, 0.15) is 19.8 Å². The fourth-order valence-electron chi connectivity index (χ4n) is 2.52. The number of halogens is 2. The lowest BCUT2D eigenvalue weighted by molar-refractivity contribution is 0.434. The van der Waals surface area contributed by atoms with Crippen molar-refractivity contribution in [3.05, 3.63) is 40.5 Å². The molecule has 1 aliphatic heterocycles. The van der Waals surface area contributed by atoms with Gasteiger partial charge in [0, 0.05) is 19.3 Å². The molecular weight excluding hydrogens is 319 g/mol. The van der Waals surface area contributed by atoms with Gasteiger partial charge in [0.25, 0.3) is 0 Å².